The molecule has 230 valence electrons. The van der Waals surface area contributed by atoms with Crippen molar-refractivity contribution in [2.75, 3.05) is 13.2 Å². The molecule has 1 fully saturated rings. The van der Waals surface area contributed by atoms with Gasteiger partial charge in [0.1, 0.15) is 17.5 Å². The zero-order valence-electron chi connectivity index (χ0n) is 23.8. The number of aliphatic hydroxyl groups excluding tert-OH is 1. The Balaban J connectivity index is 1.81. The second kappa shape index (κ2) is 14.0. The molecule has 2 aliphatic rings. The summed E-state index contributed by atoms with van der Waals surface area (Å²) in [6.45, 7) is 3.86. The number of aliphatic hydroxyl groups is 1. The first-order chi connectivity index (χ1) is 20.0. The van der Waals surface area contributed by atoms with Gasteiger partial charge in [0, 0.05) is 32.6 Å². The summed E-state index contributed by atoms with van der Waals surface area (Å²) in [4.78, 5) is 68.2. The van der Waals surface area contributed by atoms with E-state index in [2.05, 4.69) is 0 Å². The SMILES string of the molecule is CC(=O)OC[C@H]1O[C@@H](Sc2nc3sc4c(c3c(=O)n2CCO)CCCCC4)[C@H](OC(C)=O)[C@@H](OC(C)=O)[C@@H]1OC(C)=O. The summed E-state index contributed by atoms with van der Waals surface area (Å²) in [5.74, 6) is -2.84. The van der Waals surface area contributed by atoms with Crippen LogP contribution in [0.2, 0.25) is 0 Å². The van der Waals surface area contributed by atoms with Crippen molar-refractivity contribution in [2.45, 2.75) is 101 Å². The average molecular weight is 627 g/mol. The van der Waals surface area contributed by atoms with Crippen LogP contribution in [0.3, 0.4) is 0 Å². The average Bonchev–Trinajstić information content (AvgIpc) is 3.08. The summed E-state index contributed by atoms with van der Waals surface area (Å²) in [6, 6.07) is 0. The van der Waals surface area contributed by atoms with Crippen LogP contribution >= 0.6 is 23.1 Å². The number of carbonyl (C=O) groups excluding carboxylic acids is 4. The molecule has 2 aromatic heterocycles. The van der Waals surface area contributed by atoms with Gasteiger partial charge in [-0.2, -0.15) is 0 Å². The van der Waals surface area contributed by atoms with E-state index in [-0.39, 0.29) is 30.5 Å². The molecule has 2 aromatic rings. The number of carbonyl (C=O) groups is 4. The zero-order chi connectivity index (χ0) is 30.6. The van der Waals surface area contributed by atoms with E-state index in [1.807, 2.05) is 0 Å². The van der Waals surface area contributed by atoms with Crippen LogP contribution in [0.4, 0.5) is 0 Å². The molecule has 0 bridgehead atoms. The molecular formula is C27H34N2O11S2. The summed E-state index contributed by atoms with van der Waals surface area (Å²) < 4.78 is 29.2. The predicted molar refractivity (Wildman–Crippen MR) is 150 cm³/mol. The highest BCUT2D eigenvalue weighted by Crippen LogP contribution is 2.39. The van der Waals surface area contributed by atoms with Crippen LogP contribution in [-0.4, -0.2) is 81.6 Å². The van der Waals surface area contributed by atoms with Crippen LogP contribution in [0.5, 0.6) is 0 Å². The molecule has 1 saturated heterocycles. The lowest BCUT2D eigenvalue weighted by Crippen LogP contribution is -2.61. The fraction of sp³-hybridized carbons (Fsp3) is 0.630. The molecule has 4 rings (SSSR count). The topological polar surface area (TPSA) is 170 Å². The first-order valence-electron chi connectivity index (χ1n) is 13.6. The third-order valence-electron chi connectivity index (χ3n) is 6.78. The summed E-state index contributed by atoms with van der Waals surface area (Å²) in [6.07, 6.45) is -0.378. The van der Waals surface area contributed by atoms with E-state index in [1.54, 1.807) is 0 Å². The Kier molecular flexibility index (Phi) is 10.6. The monoisotopic (exact) mass is 626 g/mol. The number of aryl methyl sites for hydroxylation is 2. The molecule has 1 aliphatic carbocycles. The highest BCUT2D eigenvalue weighted by Gasteiger charge is 2.53. The lowest BCUT2D eigenvalue weighted by atomic mass is 9.99. The maximum atomic E-state index is 13.8. The number of thiophene rings is 1. The lowest BCUT2D eigenvalue weighted by Gasteiger charge is -2.44. The first kappa shape index (κ1) is 31.9. The molecule has 15 heteroatoms. The van der Waals surface area contributed by atoms with Gasteiger partial charge in [0.05, 0.1) is 18.5 Å². The number of thioether (sulfide) groups is 1. The zero-order valence-corrected chi connectivity index (χ0v) is 25.4. The van der Waals surface area contributed by atoms with Crippen molar-refractivity contribution in [1.82, 2.24) is 9.55 Å². The number of hydrogen-bond donors (Lipinski definition) is 1. The van der Waals surface area contributed by atoms with E-state index < -0.39 is 53.7 Å². The Labute approximate surface area is 249 Å². The van der Waals surface area contributed by atoms with Crippen LogP contribution in [-0.2, 0) is 62.2 Å². The van der Waals surface area contributed by atoms with E-state index in [0.29, 0.717) is 10.2 Å². The van der Waals surface area contributed by atoms with Gasteiger partial charge in [0.25, 0.3) is 5.56 Å². The summed E-state index contributed by atoms with van der Waals surface area (Å²) >= 11 is 2.38. The van der Waals surface area contributed by atoms with Gasteiger partial charge in [0.15, 0.2) is 28.9 Å². The number of ether oxygens (including phenoxy) is 5. The number of nitrogens with zero attached hydrogens (tertiary/aromatic N) is 2. The quantitative estimate of drug-likeness (QED) is 0.185. The van der Waals surface area contributed by atoms with Crippen LogP contribution in [0.15, 0.2) is 9.95 Å². The molecule has 0 spiro atoms. The lowest BCUT2D eigenvalue weighted by molar-refractivity contribution is -0.237. The largest absolute Gasteiger partial charge is 0.463 e. The number of rotatable bonds is 9. The second-order valence-corrected chi connectivity index (χ2v) is 12.2. The number of aromatic nitrogens is 2. The Hall–Kier alpha value is -3.01. The van der Waals surface area contributed by atoms with Crippen LogP contribution < -0.4 is 5.56 Å². The highest BCUT2D eigenvalue weighted by atomic mass is 32.2. The van der Waals surface area contributed by atoms with Gasteiger partial charge in [-0.05, 0) is 31.2 Å². The van der Waals surface area contributed by atoms with Crippen molar-refractivity contribution < 1.29 is 48.0 Å². The highest BCUT2D eigenvalue weighted by molar-refractivity contribution is 7.99. The van der Waals surface area contributed by atoms with Crippen LogP contribution in [0.1, 0.15) is 57.4 Å². The number of esters is 4. The van der Waals surface area contributed by atoms with Crippen molar-refractivity contribution in [2.24, 2.45) is 0 Å². The molecule has 1 aliphatic heterocycles. The molecule has 0 saturated carbocycles. The normalized spacial score (nSPS) is 23.9. The van der Waals surface area contributed by atoms with Gasteiger partial charge < -0.3 is 28.8 Å². The summed E-state index contributed by atoms with van der Waals surface area (Å²) in [5, 5.41) is 10.5. The molecule has 5 atom stereocenters. The van der Waals surface area contributed by atoms with Gasteiger partial charge in [-0.25, -0.2) is 4.98 Å². The van der Waals surface area contributed by atoms with E-state index >= 15 is 0 Å². The number of hydrogen-bond acceptors (Lipinski definition) is 14. The third kappa shape index (κ3) is 7.30. The van der Waals surface area contributed by atoms with E-state index in [9.17, 15) is 29.1 Å². The summed E-state index contributed by atoms with van der Waals surface area (Å²) in [7, 11) is 0. The van der Waals surface area contributed by atoms with Gasteiger partial charge >= 0.3 is 23.9 Å². The fourth-order valence-corrected chi connectivity index (χ4v) is 7.68. The maximum Gasteiger partial charge on any atom is 0.303 e. The smallest absolute Gasteiger partial charge is 0.303 e. The number of fused-ring (bicyclic) bond motifs is 3. The molecule has 42 heavy (non-hydrogen) atoms. The van der Waals surface area contributed by atoms with Crippen LogP contribution in [0, 0.1) is 0 Å². The van der Waals surface area contributed by atoms with E-state index in [0.717, 1.165) is 75.1 Å². The van der Waals surface area contributed by atoms with Crippen molar-refractivity contribution in [3.05, 3.63) is 20.8 Å². The van der Waals surface area contributed by atoms with Crippen molar-refractivity contribution in [1.29, 1.82) is 0 Å². The molecule has 0 unspecified atom stereocenters. The van der Waals surface area contributed by atoms with Gasteiger partial charge in [-0.1, -0.05) is 18.2 Å². The van der Waals surface area contributed by atoms with Gasteiger partial charge in [-0.3, -0.25) is 28.5 Å². The minimum Gasteiger partial charge on any atom is -0.463 e. The standard InChI is InChI=1S/C27H34N2O11S2/c1-13(31)36-12-18-21(37-14(2)32)22(38-15(3)33)23(39-16(4)34)26(40-18)42-27-28-24-20(25(35)29(27)10-11-30)17-8-6-5-7-9-19(17)41-24/h18,21-23,26,30H,5-12H2,1-4H3/t18-,21-,22+,23-,26+/m1/s1. The van der Waals surface area contributed by atoms with Gasteiger partial charge in [-0.15, -0.1) is 11.3 Å². The third-order valence-corrected chi connectivity index (χ3v) is 9.10. The Bertz CT molecular complexity index is 1400. The van der Waals surface area contributed by atoms with Crippen molar-refractivity contribution >= 4 is 57.2 Å². The minimum absolute atomic E-state index is 0.0556. The fourth-order valence-electron chi connectivity index (χ4n) is 5.17. The van der Waals surface area contributed by atoms with Gasteiger partial charge in [0.2, 0.25) is 0 Å². The Morgan fingerprint density at radius 2 is 1.60 bits per heavy atom. The minimum atomic E-state index is -1.35. The van der Waals surface area contributed by atoms with Crippen molar-refractivity contribution in [3.63, 3.8) is 0 Å². The van der Waals surface area contributed by atoms with Crippen LogP contribution in [0.25, 0.3) is 10.2 Å². The van der Waals surface area contributed by atoms with E-state index in [1.165, 1.54) is 22.8 Å². The molecule has 0 radical (unpaired) electrons. The Morgan fingerprint density at radius 1 is 0.952 bits per heavy atom. The van der Waals surface area contributed by atoms with E-state index in [4.69, 9.17) is 28.7 Å². The van der Waals surface area contributed by atoms with Crippen molar-refractivity contribution in [3.8, 4) is 0 Å². The molecular weight excluding hydrogens is 592 g/mol. The molecule has 1 N–H and O–H groups in total. The summed E-state index contributed by atoms with van der Waals surface area (Å²) in [5.41, 5.74) is -0.459. The predicted octanol–water partition coefficient (Wildman–Crippen LogP) is 1.89. The molecule has 3 heterocycles. The molecule has 13 nitrogen and oxygen atoms in total. The second-order valence-electron chi connectivity index (χ2n) is 10.0. The molecule has 0 amide bonds. The first-order valence-corrected chi connectivity index (χ1v) is 15.3. The maximum absolute atomic E-state index is 13.8. The molecule has 0 aromatic carbocycles. The Morgan fingerprint density at radius 3 is 2.24 bits per heavy atom.